The van der Waals surface area contributed by atoms with Crippen molar-refractivity contribution in [1.29, 1.82) is 0 Å². The summed E-state index contributed by atoms with van der Waals surface area (Å²) in [5.41, 5.74) is 0.898. The van der Waals surface area contributed by atoms with Gasteiger partial charge in [-0.3, -0.25) is 0 Å². The molecule has 1 fully saturated rings. The minimum atomic E-state index is -3.67. The summed E-state index contributed by atoms with van der Waals surface area (Å²) in [6.45, 7) is 1.76. The molecule has 1 saturated carbocycles. The number of ether oxygens (including phenoxy) is 3. The van der Waals surface area contributed by atoms with E-state index in [4.69, 9.17) is 14.2 Å². The summed E-state index contributed by atoms with van der Waals surface area (Å²) >= 11 is 0. The number of aryl methyl sites for hydroxylation is 1. The summed E-state index contributed by atoms with van der Waals surface area (Å²) in [4.78, 5) is 0.255. The molecule has 7 heteroatoms. The summed E-state index contributed by atoms with van der Waals surface area (Å²) in [5.74, 6) is 1.82. The van der Waals surface area contributed by atoms with Crippen LogP contribution in [0.4, 0.5) is 0 Å². The highest BCUT2D eigenvalue weighted by atomic mass is 32.2. The van der Waals surface area contributed by atoms with E-state index in [1.165, 1.54) is 0 Å². The second-order valence-corrected chi connectivity index (χ2v) is 8.04. The maximum atomic E-state index is 13.0. The largest absolute Gasteiger partial charge is 0.497 e. The predicted molar refractivity (Wildman–Crippen MR) is 98.5 cm³/mol. The Balaban J connectivity index is 1.92. The average Bonchev–Trinajstić information content (AvgIpc) is 3.40. The van der Waals surface area contributed by atoms with Crippen LogP contribution in [0.3, 0.4) is 0 Å². The van der Waals surface area contributed by atoms with Crippen molar-refractivity contribution in [2.75, 3.05) is 21.3 Å². The molecule has 0 saturated heterocycles. The molecule has 3 rings (SSSR count). The second kappa shape index (κ2) is 6.81. The van der Waals surface area contributed by atoms with Crippen LogP contribution in [0.2, 0.25) is 0 Å². The summed E-state index contributed by atoms with van der Waals surface area (Å²) in [5, 5.41) is 0. The molecule has 2 aromatic rings. The summed E-state index contributed by atoms with van der Waals surface area (Å²) in [7, 11) is 1.01. The van der Waals surface area contributed by atoms with Gasteiger partial charge >= 0.3 is 0 Å². The lowest BCUT2D eigenvalue weighted by Gasteiger charge is -2.20. The Morgan fingerprint density at radius 3 is 2.15 bits per heavy atom. The molecule has 1 aliphatic carbocycles. The first-order valence-electron chi connectivity index (χ1n) is 8.26. The van der Waals surface area contributed by atoms with Crippen molar-refractivity contribution in [2.24, 2.45) is 0 Å². The molecule has 0 spiro atoms. The Labute approximate surface area is 154 Å². The fraction of sp³-hybridized carbons (Fsp3) is 0.368. The maximum absolute atomic E-state index is 13.0. The molecule has 0 atom stereocenters. The van der Waals surface area contributed by atoms with Gasteiger partial charge in [-0.25, -0.2) is 13.1 Å². The van der Waals surface area contributed by atoms with E-state index in [2.05, 4.69) is 4.72 Å². The first-order chi connectivity index (χ1) is 12.3. The van der Waals surface area contributed by atoms with Gasteiger partial charge in [-0.2, -0.15) is 0 Å². The molecule has 0 radical (unpaired) electrons. The molecule has 1 N–H and O–H groups in total. The zero-order valence-corrected chi connectivity index (χ0v) is 16.1. The van der Waals surface area contributed by atoms with E-state index in [0.29, 0.717) is 22.8 Å². The monoisotopic (exact) mass is 377 g/mol. The number of hydrogen-bond donors (Lipinski definition) is 1. The highest BCUT2D eigenvalue weighted by Crippen LogP contribution is 2.48. The molecule has 0 aromatic heterocycles. The van der Waals surface area contributed by atoms with E-state index < -0.39 is 15.6 Å². The van der Waals surface area contributed by atoms with Crippen LogP contribution in [0.5, 0.6) is 17.2 Å². The van der Waals surface area contributed by atoms with E-state index >= 15 is 0 Å². The Kier molecular flexibility index (Phi) is 4.86. The zero-order valence-electron chi connectivity index (χ0n) is 15.3. The van der Waals surface area contributed by atoms with Gasteiger partial charge in [0, 0.05) is 0 Å². The first kappa shape index (κ1) is 18.5. The van der Waals surface area contributed by atoms with Crippen LogP contribution in [-0.4, -0.2) is 29.7 Å². The fourth-order valence-electron chi connectivity index (χ4n) is 3.07. The molecule has 0 bridgehead atoms. The van der Waals surface area contributed by atoms with Gasteiger partial charge in [0.15, 0.2) is 11.5 Å². The third-order valence-electron chi connectivity index (χ3n) is 4.69. The minimum Gasteiger partial charge on any atom is -0.497 e. The predicted octanol–water partition coefficient (Wildman–Crippen LogP) is 2.99. The lowest BCUT2D eigenvalue weighted by molar-refractivity contribution is 0.354. The average molecular weight is 377 g/mol. The van der Waals surface area contributed by atoms with Crippen LogP contribution >= 0.6 is 0 Å². The van der Waals surface area contributed by atoms with Gasteiger partial charge in [0.05, 0.1) is 31.8 Å². The third kappa shape index (κ3) is 3.37. The van der Waals surface area contributed by atoms with Crippen LogP contribution in [0.25, 0.3) is 0 Å². The van der Waals surface area contributed by atoms with Crippen LogP contribution in [0, 0.1) is 6.92 Å². The molecule has 0 heterocycles. The van der Waals surface area contributed by atoms with Crippen molar-refractivity contribution >= 4 is 10.0 Å². The maximum Gasteiger partial charge on any atom is 0.241 e. The molecular weight excluding hydrogens is 354 g/mol. The minimum absolute atomic E-state index is 0.255. The van der Waals surface area contributed by atoms with E-state index in [1.54, 1.807) is 52.5 Å². The molecule has 0 unspecified atom stereocenters. The third-order valence-corrected chi connectivity index (χ3v) is 6.38. The van der Waals surface area contributed by atoms with Gasteiger partial charge in [0.1, 0.15) is 5.75 Å². The van der Waals surface area contributed by atoms with Gasteiger partial charge in [-0.05, 0) is 61.2 Å². The Morgan fingerprint density at radius 2 is 1.62 bits per heavy atom. The number of methoxy groups -OCH3 is 3. The normalized spacial score (nSPS) is 15.4. The zero-order chi connectivity index (χ0) is 18.9. The van der Waals surface area contributed by atoms with E-state index in [-0.39, 0.29) is 4.90 Å². The van der Waals surface area contributed by atoms with Crippen LogP contribution in [0.1, 0.15) is 24.0 Å². The number of benzene rings is 2. The number of rotatable bonds is 7. The van der Waals surface area contributed by atoms with Crippen molar-refractivity contribution in [3.05, 3.63) is 47.5 Å². The SMILES string of the molecule is COc1ccc(S(=O)(=O)NC2(c3ccc(OC)c(OC)c3)CC2)c(C)c1. The molecule has 0 amide bonds. The molecule has 6 nitrogen and oxygen atoms in total. The van der Waals surface area contributed by atoms with E-state index in [0.717, 1.165) is 18.4 Å². The van der Waals surface area contributed by atoms with Crippen molar-refractivity contribution in [1.82, 2.24) is 4.72 Å². The topological polar surface area (TPSA) is 73.9 Å². The van der Waals surface area contributed by atoms with Crippen LogP contribution < -0.4 is 18.9 Å². The van der Waals surface area contributed by atoms with Gasteiger partial charge in [-0.1, -0.05) is 6.07 Å². The van der Waals surface area contributed by atoms with Crippen molar-refractivity contribution in [2.45, 2.75) is 30.2 Å². The highest BCUT2D eigenvalue weighted by Gasteiger charge is 2.48. The second-order valence-electron chi connectivity index (χ2n) is 6.39. The smallest absolute Gasteiger partial charge is 0.241 e. The molecule has 140 valence electrons. The van der Waals surface area contributed by atoms with Crippen molar-refractivity contribution < 1.29 is 22.6 Å². The summed E-state index contributed by atoms with van der Waals surface area (Å²) in [6, 6.07) is 10.4. The lowest BCUT2D eigenvalue weighted by Crippen LogP contribution is -2.35. The fourth-order valence-corrected chi connectivity index (χ4v) is 4.75. The lowest BCUT2D eigenvalue weighted by atomic mass is 10.1. The number of hydrogen-bond acceptors (Lipinski definition) is 5. The summed E-state index contributed by atoms with van der Waals surface area (Å²) in [6.07, 6.45) is 1.47. The van der Waals surface area contributed by atoms with Gasteiger partial charge in [0.25, 0.3) is 0 Å². The molecular formula is C19H23NO5S. The Hall–Kier alpha value is -2.25. The molecule has 2 aromatic carbocycles. The molecule has 26 heavy (non-hydrogen) atoms. The molecule has 0 aliphatic heterocycles. The number of nitrogens with one attached hydrogen (secondary N) is 1. The van der Waals surface area contributed by atoms with Crippen molar-refractivity contribution in [3.8, 4) is 17.2 Å². The summed E-state index contributed by atoms with van der Waals surface area (Å²) < 4.78 is 44.5. The van der Waals surface area contributed by atoms with Crippen LogP contribution in [-0.2, 0) is 15.6 Å². The number of sulfonamides is 1. The Morgan fingerprint density at radius 1 is 0.923 bits per heavy atom. The van der Waals surface area contributed by atoms with E-state index in [9.17, 15) is 8.42 Å². The first-order valence-corrected chi connectivity index (χ1v) is 9.75. The van der Waals surface area contributed by atoms with Crippen molar-refractivity contribution in [3.63, 3.8) is 0 Å². The highest BCUT2D eigenvalue weighted by molar-refractivity contribution is 7.89. The quantitative estimate of drug-likeness (QED) is 0.803. The van der Waals surface area contributed by atoms with E-state index in [1.807, 2.05) is 12.1 Å². The molecule has 1 aliphatic rings. The van der Waals surface area contributed by atoms with Gasteiger partial charge in [0.2, 0.25) is 10.0 Å². The standard InChI is InChI=1S/C19H23NO5S/c1-13-11-15(23-2)6-8-18(13)26(21,22)20-19(9-10-19)14-5-7-16(24-3)17(12-14)25-4/h5-8,11-12,20H,9-10H2,1-4H3. The van der Waals surface area contributed by atoms with Gasteiger partial charge in [-0.15, -0.1) is 0 Å². The van der Waals surface area contributed by atoms with Gasteiger partial charge < -0.3 is 14.2 Å². The Bertz CT molecular complexity index is 920. The van der Waals surface area contributed by atoms with Crippen LogP contribution in [0.15, 0.2) is 41.3 Å².